The van der Waals surface area contributed by atoms with E-state index in [4.69, 9.17) is 72.0 Å². The van der Waals surface area contributed by atoms with E-state index in [1.165, 1.54) is 42.5 Å². The average molecular weight is 1280 g/mol. The fourth-order valence-corrected chi connectivity index (χ4v) is 12.8. The van der Waals surface area contributed by atoms with Crippen molar-refractivity contribution in [1.82, 2.24) is 0 Å². The topological polar surface area (TPSA) is 342 Å². The number of fused-ring (bicyclic) bond motifs is 4. The van der Waals surface area contributed by atoms with Gasteiger partial charge in [0.05, 0.1) is 51.4 Å². The predicted molar refractivity (Wildman–Crippen MR) is 330 cm³/mol. The number of methoxy groups -OCH3 is 9. The molecule has 91 heavy (non-hydrogen) atoms. The van der Waals surface area contributed by atoms with Crippen LogP contribution in [0.4, 0.5) is 22.7 Å². The van der Waals surface area contributed by atoms with Crippen LogP contribution >= 0.6 is 0 Å². The summed E-state index contributed by atoms with van der Waals surface area (Å²) in [5, 5.41) is 50.7. The lowest BCUT2D eigenvalue weighted by atomic mass is 9.99. The number of anilines is 1. The largest absolute Gasteiger partial charge is 0.399 e. The van der Waals surface area contributed by atoms with Crippen molar-refractivity contribution in [2.45, 2.75) is 190 Å². The van der Waals surface area contributed by atoms with Gasteiger partial charge in [0.1, 0.15) is 60.7 Å². The molecule has 4 N–H and O–H groups in total. The van der Waals surface area contributed by atoms with E-state index in [0.717, 1.165) is 51.9 Å². The fourth-order valence-electron chi connectivity index (χ4n) is 12.8. The number of carbonyl (C=O) groups is 1. The summed E-state index contributed by atoms with van der Waals surface area (Å²) in [6.07, 6.45) is -1.01. The van der Waals surface area contributed by atoms with Gasteiger partial charge in [-0.25, -0.2) is 0 Å². The van der Waals surface area contributed by atoms with E-state index in [-0.39, 0.29) is 115 Å². The van der Waals surface area contributed by atoms with E-state index < -0.39 is 40.9 Å². The lowest BCUT2D eigenvalue weighted by Gasteiger charge is -2.44. The van der Waals surface area contributed by atoms with Crippen LogP contribution in [0.2, 0.25) is 0 Å². The number of carbonyl (C=O) groups excluding carboxylic acids is 1. The molecule has 0 amide bonds. The highest BCUT2D eigenvalue weighted by atomic mass is 16.7. The van der Waals surface area contributed by atoms with E-state index in [1.54, 1.807) is 87.2 Å². The highest BCUT2D eigenvalue weighted by Crippen LogP contribution is 2.36. The number of hydrogen-bond donors (Lipinski definition) is 3. The van der Waals surface area contributed by atoms with E-state index in [0.29, 0.717) is 38.5 Å². The molecule has 504 valence electrons. The third kappa shape index (κ3) is 18.2. The summed E-state index contributed by atoms with van der Waals surface area (Å²) in [7, 11) is 14.4. The molecule has 0 bridgehead atoms. The molecule has 0 spiro atoms. The average Bonchev–Trinajstić information content (AvgIpc) is 1.09. The number of nitro groups is 3. The number of nitrogens with two attached hydrogens (primary N) is 1. The Morgan fingerprint density at radius 2 is 0.736 bits per heavy atom. The number of non-ortho nitro benzene ring substituents is 3. The molecule has 3 saturated heterocycles. The molecule has 3 fully saturated rings. The van der Waals surface area contributed by atoms with Crippen molar-refractivity contribution >= 4 is 28.5 Å². The minimum absolute atomic E-state index is 0. The van der Waals surface area contributed by atoms with Gasteiger partial charge >= 0.3 is 0 Å². The zero-order valence-electron chi connectivity index (χ0n) is 52.9. The van der Waals surface area contributed by atoms with Crippen LogP contribution in [-0.2, 0) is 122 Å². The molecule has 3 unspecified atom stereocenters. The van der Waals surface area contributed by atoms with Crippen molar-refractivity contribution in [3.63, 3.8) is 0 Å². The van der Waals surface area contributed by atoms with Crippen LogP contribution in [0.5, 0.6) is 0 Å². The molecule has 4 aromatic carbocycles. The molecule has 4 aliphatic carbocycles. The van der Waals surface area contributed by atoms with E-state index in [2.05, 4.69) is 6.07 Å². The maximum atomic E-state index is 11.0. The Morgan fingerprint density at radius 1 is 0.418 bits per heavy atom. The third-order valence-corrected chi connectivity index (χ3v) is 17.2. The summed E-state index contributed by atoms with van der Waals surface area (Å²) in [6, 6.07) is 20.3. The minimum Gasteiger partial charge on any atom is -0.399 e. The SMILES string of the molecule is C.CO[C@@H]1[C@@H](OC)[C@H](C)O[C@@H](O)[C@@H]1OC.CO[C@@H]1[C@@H](OC)[C@H](C)O[C@@H](OC2Cc3ccc(N)cc3C2)[C@@H]1OC.CO[C@@H]1[C@@H](OC)[C@H](C)O[C@@H](OC2Cc3ccc([N+](=O)[O-])cc3C2)[C@@H]1OC.O=C1Cc2ccc([N+](=O)[O-])cc2C1.O=[N+]([O-])c1ccc2c(c1)CC(O)C2. The number of ether oxygens (including phenoxy) is 14. The van der Waals surface area contributed by atoms with Crippen molar-refractivity contribution in [2.75, 3.05) is 69.7 Å². The van der Waals surface area contributed by atoms with Crippen molar-refractivity contribution in [3.8, 4) is 0 Å². The van der Waals surface area contributed by atoms with E-state index in [9.17, 15) is 45.4 Å². The van der Waals surface area contributed by atoms with E-state index >= 15 is 0 Å². The van der Waals surface area contributed by atoms with Gasteiger partial charge in [-0.2, -0.15) is 0 Å². The molecule has 4 aromatic rings. The Balaban J connectivity index is 0.000000186. The van der Waals surface area contributed by atoms with Gasteiger partial charge in [-0.15, -0.1) is 0 Å². The standard InChI is InChI=1S/C18H25NO7.C18H27NO5.C9H9NO3.C9H7NO3.C9H18O5.CH4/c1-10-15(22-2)16(23-3)17(24-4)18(25-10)26-14-8-11-5-6-13(19(20)21)7-12(11)9-14;1-10-15(20-2)16(21-3)17(22-4)18(23-10)24-14-8-11-5-6-13(19)7-12(11)9-14;2*11-9-4-6-1-2-8(10(12)13)3-7(6)5-9;1-5-6(11-2)7(12-3)8(13-4)9(10)14-5;/h5-7,10,14-18H,8-9H2,1-4H3;5-7,10,14-18H,8-9,19H2,1-4H3;1-3,9,11H,4-5H2;1-3H,4-5H2;5-10H,1-4H3;1H4/t2*10-,14?,15-,16+,17+,18-;;;5-,6-,7+,8+,9+;/m00..0./s1. The number of nitrogen functional groups attached to an aromatic ring is 1. The Kier molecular flexibility index (Phi) is 27.8. The molecule has 27 nitrogen and oxygen atoms in total. The second-order valence-corrected chi connectivity index (χ2v) is 22.9. The van der Waals surface area contributed by atoms with Crippen LogP contribution in [0.25, 0.3) is 0 Å². The van der Waals surface area contributed by atoms with Gasteiger partial charge in [0, 0.05) is 119 Å². The minimum atomic E-state index is -0.966. The molecule has 3 heterocycles. The van der Waals surface area contributed by atoms with Crippen LogP contribution in [0.3, 0.4) is 0 Å². The first-order chi connectivity index (χ1) is 43.0. The summed E-state index contributed by atoms with van der Waals surface area (Å²) in [6.45, 7) is 5.71. The molecule has 11 rings (SSSR count). The van der Waals surface area contributed by atoms with Crippen LogP contribution < -0.4 is 5.73 Å². The molecule has 3 aliphatic heterocycles. The first-order valence-electron chi connectivity index (χ1n) is 29.6. The maximum Gasteiger partial charge on any atom is 0.269 e. The Morgan fingerprint density at radius 3 is 1.15 bits per heavy atom. The number of aliphatic hydroxyl groups is 2. The van der Waals surface area contributed by atoms with Gasteiger partial charge < -0.3 is 82.3 Å². The van der Waals surface area contributed by atoms with Gasteiger partial charge in [-0.05, 0) is 116 Å². The van der Waals surface area contributed by atoms with Gasteiger partial charge in [-0.3, -0.25) is 35.1 Å². The third-order valence-electron chi connectivity index (χ3n) is 17.2. The number of nitrogens with zero attached hydrogens (tertiary/aromatic N) is 3. The normalized spacial score (nSPS) is 30.8. The highest BCUT2D eigenvalue weighted by Gasteiger charge is 2.49. The Bertz CT molecular complexity index is 3030. The molecule has 27 heteroatoms. The van der Waals surface area contributed by atoms with Crippen molar-refractivity contribution < 1.29 is 96.1 Å². The van der Waals surface area contributed by atoms with Crippen molar-refractivity contribution in [2.24, 2.45) is 0 Å². The molecule has 7 aliphatic rings. The van der Waals surface area contributed by atoms with Crippen molar-refractivity contribution in [1.29, 1.82) is 0 Å². The number of aliphatic hydroxyl groups excluding tert-OH is 2. The van der Waals surface area contributed by atoms with E-state index in [1.807, 2.05) is 32.9 Å². The summed E-state index contributed by atoms with van der Waals surface area (Å²) < 4.78 is 78.7. The number of hydrogen-bond acceptors (Lipinski definition) is 24. The summed E-state index contributed by atoms with van der Waals surface area (Å²) >= 11 is 0. The summed E-state index contributed by atoms with van der Waals surface area (Å²) in [5.41, 5.74) is 15.1. The van der Waals surface area contributed by atoms with Crippen molar-refractivity contribution in [3.05, 3.63) is 148 Å². The first-order valence-corrected chi connectivity index (χ1v) is 29.6. The highest BCUT2D eigenvalue weighted by molar-refractivity contribution is 5.88. The van der Waals surface area contributed by atoms with Gasteiger partial charge in [0.15, 0.2) is 18.9 Å². The van der Waals surface area contributed by atoms with Crippen LogP contribution in [0.15, 0.2) is 72.8 Å². The number of ketones is 1. The first kappa shape index (κ1) is 74.0. The molecule has 0 radical (unpaired) electrons. The lowest BCUT2D eigenvalue weighted by molar-refractivity contribution is -0.385. The number of Topliss-reactive ketones (excluding diaryl/α,β-unsaturated/α-hetero) is 1. The Labute approximate surface area is 530 Å². The lowest BCUT2D eigenvalue weighted by Crippen LogP contribution is -2.59. The monoisotopic (exact) mass is 1280 g/mol. The number of nitro benzene ring substituents is 3. The smallest absolute Gasteiger partial charge is 0.269 e. The molecule has 0 aromatic heterocycles. The van der Waals surface area contributed by atoms with Crippen LogP contribution in [-0.4, -0.2) is 205 Å². The van der Waals surface area contributed by atoms with Crippen LogP contribution in [0.1, 0.15) is 72.7 Å². The second-order valence-electron chi connectivity index (χ2n) is 22.9. The van der Waals surface area contributed by atoms with Gasteiger partial charge in [0.2, 0.25) is 0 Å². The molecular formula is C64H90N4O23. The van der Waals surface area contributed by atoms with Gasteiger partial charge in [0.25, 0.3) is 17.1 Å². The maximum absolute atomic E-state index is 11.0. The number of rotatable bonds is 16. The predicted octanol–water partition coefficient (Wildman–Crippen LogP) is 6.13. The summed E-state index contributed by atoms with van der Waals surface area (Å²) in [5.74, 6) is 0.135. The zero-order chi connectivity index (χ0) is 65.7. The van der Waals surface area contributed by atoms with Crippen LogP contribution in [0, 0.1) is 30.3 Å². The summed E-state index contributed by atoms with van der Waals surface area (Å²) in [4.78, 5) is 41.6. The fraction of sp³-hybridized carbons (Fsp3) is 0.609. The Hall–Kier alpha value is -6.09. The second kappa shape index (κ2) is 34.2. The number of benzene rings is 4. The molecular weight excluding hydrogens is 1190 g/mol. The van der Waals surface area contributed by atoms with Gasteiger partial charge in [-0.1, -0.05) is 31.7 Å². The molecule has 0 saturated carbocycles. The quantitative estimate of drug-likeness (QED) is 0.0645. The zero-order valence-corrected chi connectivity index (χ0v) is 52.9. The molecule has 18 atom stereocenters.